The first kappa shape index (κ1) is 14.2. The first-order valence-corrected chi connectivity index (χ1v) is 7.38. The van der Waals surface area contributed by atoms with Crippen LogP contribution in [0.4, 0.5) is 4.79 Å². The zero-order chi connectivity index (χ0) is 12.8. The monoisotopic (exact) mass is 278 g/mol. The molecule has 2 amide bonds. The van der Waals surface area contributed by atoms with Crippen LogP contribution in [0.2, 0.25) is 0 Å². The van der Waals surface area contributed by atoms with Gasteiger partial charge in [-0.2, -0.15) is 11.8 Å². The lowest BCUT2D eigenvalue weighted by Crippen LogP contribution is -2.49. The summed E-state index contributed by atoms with van der Waals surface area (Å²) in [4.78, 5) is 33.5. The Bertz CT molecular complexity index is 324. The number of hydrogen-bond acceptors (Lipinski definition) is 5. The second-order valence-electron chi connectivity index (χ2n) is 3.48. The van der Waals surface area contributed by atoms with Crippen molar-refractivity contribution >= 4 is 40.6 Å². The van der Waals surface area contributed by atoms with Crippen molar-refractivity contribution in [2.45, 2.75) is 18.5 Å². The summed E-state index contributed by atoms with van der Waals surface area (Å²) in [6.45, 7) is 0. The minimum absolute atomic E-state index is 0.249. The highest BCUT2D eigenvalue weighted by Gasteiger charge is 2.30. The maximum Gasteiger partial charge on any atom is 0.326 e. The van der Waals surface area contributed by atoms with Crippen molar-refractivity contribution in [1.82, 2.24) is 10.6 Å². The van der Waals surface area contributed by atoms with Crippen molar-refractivity contribution < 1.29 is 19.5 Å². The van der Waals surface area contributed by atoms with Gasteiger partial charge in [0.25, 0.3) is 5.24 Å². The Labute approximate surface area is 107 Å². The predicted molar refractivity (Wildman–Crippen MR) is 67.3 cm³/mol. The molecule has 1 aliphatic heterocycles. The molecule has 1 aliphatic rings. The average molecular weight is 278 g/mol. The third-order valence-electron chi connectivity index (χ3n) is 2.21. The lowest BCUT2D eigenvalue weighted by Gasteiger charge is -2.16. The van der Waals surface area contributed by atoms with Crippen molar-refractivity contribution in [3.63, 3.8) is 0 Å². The summed E-state index contributed by atoms with van der Waals surface area (Å²) in [6, 6.07) is -1.51. The van der Waals surface area contributed by atoms with Crippen LogP contribution in [0.1, 0.15) is 6.42 Å². The van der Waals surface area contributed by atoms with Crippen molar-refractivity contribution in [2.24, 2.45) is 0 Å². The van der Waals surface area contributed by atoms with Gasteiger partial charge in [0.1, 0.15) is 12.1 Å². The second-order valence-corrected chi connectivity index (χ2v) is 5.45. The quantitative estimate of drug-likeness (QED) is 0.639. The van der Waals surface area contributed by atoms with E-state index in [0.29, 0.717) is 17.9 Å². The summed E-state index contributed by atoms with van der Waals surface area (Å²) in [5.74, 6) is -0.482. The number of carboxylic acids is 1. The number of hydrogen-bond donors (Lipinski definition) is 3. The predicted octanol–water partition coefficient (Wildman–Crippen LogP) is 0.134. The van der Waals surface area contributed by atoms with Crippen LogP contribution in [0.25, 0.3) is 0 Å². The summed E-state index contributed by atoms with van der Waals surface area (Å²) in [7, 11) is 0. The van der Waals surface area contributed by atoms with E-state index in [0.717, 1.165) is 11.8 Å². The molecule has 0 aromatic heterocycles. The summed E-state index contributed by atoms with van der Waals surface area (Å²) in [5.41, 5.74) is 0. The Morgan fingerprint density at radius 2 is 2.41 bits per heavy atom. The molecule has 0 bridgehead atoms. The van der Waals surface area contributed by atoms with Crippen LogP contribution >= 0.6 is 23.5 Å². The Morgan fingerprint density at radius 3 is 2.88 bits per heavy atom. The van der Waals surface area contributed by atoms with Gasteiger partial charge < -0.3 is 15.7 Å². The number of carboxylic acid groups (broad SMARTS) is 1. The Hall–Kier alpha value is -0.890. The molecule has 1 fully saturated rings. The highest BCUT2D eigenvalue weighted by Crippen LogP contribution is 2.13. The third-order valence-corrected chi connectivity index (χ3v) is 3.74. The maximum absolute atomic E-state index is 11.7. The first-order chi connectivity index (χ1) is 8.04. The Morgan fingerprint density at radius 1 is 1.71 bits per heavy atom. The number of rotatable bonds is 6. The third kappa shape index (κ3) is 4.47. The molecule has 0 radical (unpaired) electrons. The molecule has 3 N–H and O–H groups in total. The van der Waals surface area contributed by atoms with Crippen LogP contribution < -0.4 is 10.6 Å². The molecule has 6 nitrogen and oxygen atoms in total. The van der Waals surface area contributed by atoms with Gasteiger partial charge in [-0.1, -0.05) is 11.8 Å². The van der Waals surface area contributed by atoms with Gasteiger partial charge in [-0.05, 0) is 18.4 Å². The van der Waals surface area contributed by atoms with Crippen LogP contribution in [-0.2, 0) is 9.59 Å². The minimum atomic E-state index is -1.05. The molecular weight excluding hydrogens is 264 g/mol. The van der Waals surface area contributed by atoms with Gasteiger partial charge in [0.05, 0.1) is 0 Å². The molecule has 8 heteroatoms. The van der Waals surface area contributed by atoms with E-state index in [1.807, 2.05) is 6.26 Å². The van der Waals surface area contributed by atoms with E-state index < -0.39 is 24.0 Å². The zero-order valence-electron chi connectivity index (χ0n) is 9.26. The Kier molecular flexibility index (Phi) is 5.63. The Balaban J connectivity index is 2.46. The standard InChI is InChI=1S/C9H14N2O4S2/c1-16-3-2-5(8(13)14)10-7(12)6-4-17-9(15)11-6/h5-6H,2-4H2,1H3,(H,10,12)(H,11,15)(H,13,14)/t5-,6?/m1/s1. The normalized spacial score (nSPS) is 20.8. The van der Waals surface area contributed by atoms with Crippen molar-refractivity contribution in [1.29, 1.82) is 0 Å². The summed E-state index contributed by atoms with van der Waals surface area (Å²) >= 11 is 2.54. The second kappa shape index (κ2) is 6.75. The van der Waals surface area contributed by atoms with E-state index >= 15 is 0 Å². The van der Waals surface area contributed by atoms with E-state index in [2.05, 4.69) is 10.6 Å². The molecule has 1 unspecified atom stereocenters. The van der Waals surface area contributed by atoms with E-state index in [-0.39, 0.29) is 5.24 Å². The van der Waals surface area contributed by atoms with Gasteiger partial charge in [0, 0.05) is 5.75 Å². The molecule has 0 aromatic carbocycles. The van der Waals surface area contributed by atoms with Gasteiger partial charge in [-0.15, -0.1) is 0 Å². The summed E-state index contributed by atoms with van der Waals surface area (Å²) in [6.07, 6.45) is 2.24. The fraction of sp³-hybridized carbons (Fsp3) is 0.667. The molecule has 0 aliphatic carbocycles. The zero-order valence-corrected chi connectivity index (χ0v) is 10.9. The van der Waals surface area contributed by atoms with E-state index in [9.17, 15) is 14.4 Å². The SMILES string of the molecule is CSCC[C@@H](NC(=O)C1CSC(=O)N1)C(=O)O. The number of thioether (sulfide) groups is 2. The molecule has 0 saturated carbocycles. The first-order valence-electron chi connectivity index (χ1n) is 5.00. The van der Waals surface area contributed by atoms with Crippen molar-refractivity contribution in [3.05, 3.63) is 0 Å². The molecular formula is C9H14N2O4S2. The van der Waals surface area contributed by atoms with Crippen LogP contribution in [-0.4, -0.2) is 52.1 Å². The van der Waals surface area contributed by atoms with Gasteiger partial charge in [-0.3, -0.25) is 9.59 Å². The maximum atomic E-state index is 11.7. The molecule has 0 spiro atoms. The summed E-state index contributed by atoms with van der Waals surface area (Å²) < 4.78 is 0. The lowest BCUT2D eigenvalue weighted by atomic mass is 10.2. The van der Waals surface area contributed by atoms with Gasteiger partial charge >= 0.3 is 5.97 Å². The van der Waals surface area contributed by atoms with E-state index in [1.54, 1.807) is 0 Å². The smallest absolute Gasteiger partial charge is 0.326 e. The van der Waals surface area contributed by atoms with E-state index in [4.69, 9.17) is 5.11 Å². The summed E-state index contributed by atoms with van der Waals surface area (Å²) in [5, 5.41) is 13.6. The number of carbonyl (C=O) groups excluding carboxylic acids is 2. The number of amides is 2. The minimum Gasteiger partial charge on any atom is -0.480 e. The highest BCUT2D eigenvalue weighted by molar-refractivity contribution is 8.14. The largest absolute Gasteiger partial charge is 0.480 e. The molecule has 0 aromatic rings. The number of aliphatic carboxylic acids is 1. The fourth-order valence-corrected chi connectivity index (χ4v) is 2.54. The van der Waals surface area contributed by atoms with Crippen LogP contribution in [0.5, 0.6) is 0 Å². The van der Waals surface area contributed by atoms with E-state index in [1.165, 1.54) is 11.8 Å². The molecule has 96 valence electrons. The lowest BCUT2D eigenvalue weighted by molar-refractivity contribution is -0.142. The van der Waals surface area contributed by atoms with Crippen LogP contribution in [0.3, 0.4) is 0 Å². The van der Waals surface area contributed by atoms with Crippen molar-refractivity contribution in [2.75, 3.05) is 17.8 Å². The van der Waals surface area contributed by atoms with Crippen molar-refractivity contribution in [3.8, 4) is 0 Å². The number of nitrogens with one attached hydrogen (secondary N) is 2. The van der Waals surface area contributed by atoms with Crippen LogP contribution in [0, 0.1) is 0 Å². The molecule has 2 atom stereocenters. The van der Waals surface area contributed by atoms with Gasteiger partial charge in [0.2, 0.25) is 5.91 Å². The molecule has 1 saturated heterocycles. The molecule has 1 rings (SSSR count). The molecule has 17 heavy (non-hydrogen) atoms. The van der Waals surface area contributed by atoms with Crippen LogP contribution in [0.15, 0.2) is 0 Å². The number of carbonyl (C=O) groups is 3. The van der Waals surface area contributed by atoms with Gasteiger partial charge in [-0.25, -0.2) is 4.79 Å². The molecule has 1 heterocycles. The average Bonchev–Trinajstić information content (AvgIpc) is 2.70. The fourth-order valence-electron chi connectivity index (χ4n) is 1.29. The topological polar surface area (TPSA) is 95.5 Å². The van der Waals surface area contributed by atoms with Gasteiger partial charge in [0.15, 0.2) is 0 Å². The highest BCUT2D eigenvalue weighted by atomic mass is 32.2.